The van der Waals surface area contributed by atoms with Crippen LogP contribution in [-0.2, 0) is 4.79 Å². The fraction of sp³-hybridized carbons (Fsp3) is 0.611. The first kappa shape index (κ1) is 17.7. The van der Waals surface area contributed by atoms with Crippen molar-refractivity contribution in [3.05, 3.63) is 28.3 Å². The third-order valence-corrected chi connectivity index (χ3v) is 5.26. The van der Waals surface area contributed by atoms with Crippen LogP contribution in [0.25, 0.3) is 0 Å². The fourth-order valence-corrected chi connectivity index (χ4v) is 3.74. The molecule has 0 aromatic heterocycles. The average Bonchev–Trinajstić information content (AvgIpc) is 3.08. The monoisotopic (exact) mass is 346 g/mol. The predicted octanol–water partition coefficient (Wildman–Crippen LogP) is 2.87. The summed E-state index contributed by atoms with van der Waals surface area (Å²) in [5.74, 6) is 0.411. The Labute approximate surface area is 148 Å². The molecule has 1 amide bonds. The minimum absolute atomic E-state index is 0.00837. The first-order chi connectivity index (χ1) is 12.0. The number of rotatable bonds is 5. The first-order valence-electron chi connectivity index (χ1n) is 9.04. The molecule has 0 unspecified atom stereocenters. The molecule has 1 saturated heterocycles. The van der Waals surface area contributed by atoms with Gasteiger partial charge in [-0.2, -0.15) is 0 Å². The van der Waals surface area contributed by atoms with Crippen LogP contribution in [0, 0.1) is 16.0 Å². The van der Waals surface area contributed by atoms with Gasteiger partial charge in [0.1, 0.15) is 0 Å². The number of amides is 1. The summed E-state index contributed by atoms with van der Waals surface area (Å²) in [4.78, 5) is 27.6. The molecule has 0 atom stereocenters. The molecular formula is C18H26N4O3. The number of non-ortho nitro benzene ring substituents is 1. The number of likely N-dealkylation sites (N-methyl/N-ethyl adjacent to an activating group) is 1. The van der Waals surface area contributed by atoms with Gasteiger partial charge in [-0.05, 0) is 31.9 Å². The summed E-state index contributed by atoms with van der Waals surface area (Å²) in [6, 6.07) is 4.76. The number of hydrogen-bond donors (Lipinski definition) is 1. The first-order valence-corrected chi connectivity index (χ1v) is 9.04. The van der Waals surface area contributed by atoms with E-state index in [2.05, 4.69) is 22.2 Å². The van der Waals surface area contributed by atoms with E-state index in [4.69, 9.17) is 0 Å². The van der Waals surface area contributed by atoms with Crippen LogP contribution in [0.5, 0.6) is 0 Å². The number of nitro groups is 1. The molecule has 1 N–H and O–H groups in total. The second-order valence-electron chi connectivity index (χ2n) is 7.15. The zero-order valence-corrected chi connectivity index (χ0v) is 14.7. The molecule has 1 saturated carbocycles. The van der Waals surface area contributed by atoms with Crippen molar-refractivity contribution in [2.75, 3.05) is 43.4 Å². The van der Waals surface area contributed by atoms with Crippen LogP contribution < -0.4 is 10.2 Å². The zero-order chi connectivity index (χ0) is 17.8. The second-order valence-corrected chi connectivity index (χ2v) is 7.15. The van der Waals surface area contributed by atoms with Gasteiger partial charge in [0, 0.05) is 44.7 Å². The van der Waals surface area contributed by atoms with Gasteiger partial charge in [0.2, 0.25) is 5.91 Å². The number of carbonyl (C=O) groups is 1. The molecule has 136 valence electrons. The van der Waals surface area contributed by atoms with Gasteiger partial charge in [0.25, 0.3) is 5.69 Å². The number of benzene rings is 1. The van der Waals surface area contributed by atoms with Crippen LogP contribution >= 0.6 is 0 Å². The minimum atomic E-state index is -0.416. The summed E-state index contributed by atoms with van der Waals surface area (Å²) in [7, 11) is 2.08. The van der Waals surface area contributed by atoms with Gasteiger partial charge in [-0.25, -0.2) is 0 Å². The Morgan fingerprint density at radius 2 is 1.92 bits per heavy atom. The maximum atomic E-state index is 12.4. The van der Waals surface area contributed by atoms with Crippen LogP contribution in [0.15, 0.2) is 18.2 Å². The Morgan fingerprint density at radius 1 is 1.24 bits per heavy atom. The van der Waals surface area contributed by atoms with E-state index in [1.807, 2.05) is 0 Å². The van der Waals surface area contributed by atoms with E-state index >= 15 is 0 Å². The van der Waals surface area contributed by atoms with Crippen LogP contribution in [0.1, 0.15) is 32.1 Å². The standard InChI is InChI=1S/C18H26N4O3/c1-20-8-10-21(11-9-20)17-7-6-15(22(24)25)13-16(17)19-18(23)12-14-4-2-3-5-14/h6-7,13-14H,2-5,8-12H2,1H3,(H,19,23). The van der Waals surface area contributed by atoms with Crippen LogP contribution in [0.3, 0.4) is 0 Å². The lowest BCUT2D eigenvalue weighted by molar-refractivity contribution is -0.384. The molecule has 1 aromatic carbocycles. The molecule has 7 heteroatoms. The third kappa shape index (κ3) is 4.48. The molecule has 1 aliphatic heterocycles. The summed E-state index contributed by atoms with van der Waals surface area (Å²) in [5, 5.41) is 14.1. The molecule has 25 heavy (non-hydrogen) atoms. The number of hydrogen-bond acceptors (Lipinski definition) is 5. The van der Waals surface area contributed by atoms with Crippen molar-refractivity contribution in [2.45, 2.75) is 32.1 Å². The van der Waals surface area contributed by atoms with Crippen molar-refractivity contribution in [1.29, 1.82) is 0 Å². The molecule has 7 nitrogen and oxygen atoms in total. The van der Waals surface area contributed by atoms with E-state index < -0.39 is 4.92 Å². The number of piperazine rings is 1. The van der Waals surface area contributed by atoms with E-state index in [0.717, 1.165) is 44.7 Å². The van der Waals surface area contributed by atoms with Gasteiger partial charge in [0.05, 0.1) is 16.3 Å². The average molecular weight is 346 g/mol. The normalized spacial score (nSPS) is 19.2. The van der Waals surface area contributed by atoms with E-state index in [1.165, 1.54) is 25.0 Å². The lowest BCUT2D eigenvalue weighted by Crippen LogP contribution is -2.44. The largest absolute Gasteiger partial charge is 0.367 e. The molecule has 3 rings (SSSR count). The smallest absolute Gasteiger partial charge is 0.271 e. The van der Waals surface area contributed by atoms with Gasteiger partial charge in [-0.3, -0.25) is 14.9 Å². The van der Waals surface area contributed by atoms with E-state index in [9.17, 15) is 14.9 Å². The van der Waals surface area contributed by atoms with E-state index in [0.29, 0.717) is 18.0 Å². The molecule has 0 radical (unpaired) electrons. The minimum Gasteiger partial charge on any atom is -0.367 e. The van der Waals surface area contributed by atoms with Crippen molar-refractivity contribution in [3.8, 4) is 0 Å². The molecule has 1 heterocycles. The summed E-state index contributed by atoms with van der Waals surface area (Å²) >= 11 is 0. The number of nitro benzene ring substituents is 1. The lowest BCUT2D eigenvalue weighted by Gasteiger charge is -2.35. The van der Waals surface area contributed by atoms with Crippen LogP contribution in [-0.4, -0.2) is 49.0 Å². The lowest BCUT2D eigenvalue weighted by atomic mass is 10.0. The van der Waals surface area contributed by atoms with Crippen molar-refractivity contribution in [3.63, 3.8) is 0 Å². The second kappa shape index (κ2) is 7.82. The Morgan fingerprint density at radius 3 is 2.56 bits per heavy atom. The van der Waals surface area contributed by atoms with Crippen molar-refractivity contribution < 1.29 is 9.72 Å². The van der Waals surface area contributed by atoms with Gasteiger partial charge in [-0.1, -0.05) is 12.8 Å². The Kier molecular flexibility index (Phi) is 5.53. The molecule has 2 fully saturated rings. The summed E-state index contributed by atoms with van der Waals surface area (Å²) in [5.41, 5.74) is 1.44. The summed E-state index contributed by atoms with van der Waals surface area (Å²) < 4.78 is 0. The Bertz CT molecular complexity index is 635. The van der Waals surface area contributed by atoms with Crippen LogP contribution in [0.2, 0.25) is 0 Å². The number of anilines is 2. The van der Waals surface area contributed by atoms with Crippen molar-refractivity contribution >= 4 is 23.0 Å². The molecule has 0 bridgehead atoms. The van der Waals surface area contributed by atoms with E-state index in [-0.39, 0.29) is 11.6 Å². The Hall–Kier alpha value is -2.15. The number of nitrogens with one attached hydrogen (secondary N) is 1. The fourth-order valence-electron chi connectivity index (χ4n) is 3.74. The highest BCUT2D eigenvalue weighted by Gasteiger charge is 2.22. The molecule has 0 spiro atoms. The maximum absolute atomic E-state index is 12.4. The molecular weight excluding hydrogens is 320 g/mol. The summed E-state index contributed by atoms with van der Waals surface area (Å²) in [6.45, 7) is 3.57. The third-order valence-electron chi connectivity index (χ3n) is 5.26. The molecule has 1 aromatic rings. The van der Waals surface area contributed by atoms with Crippen LogP contribution in [0.4, 0.5) is 17.1 Å². The van der Waals surface area contributed by atoms with Gasteiger partial charge < -0.3 is 15.1 Å². The highest BCUT2D eigenvalue weighted by atomic mass is 16.6. The molecule has 2 aliphatic rings. The van der Waals surface area contributed by atoms with Gasteiger partial charge in [-0.15, -0.1) is 0 Å². The number of carbonyl (C=O) groups excluding carboxylic acids is 1. The van der Waals surface area contributed by atoms with E-state index in [1.54, 1.807) is 6.07 Å². The topological polar surface area (TPSA) is 78.7 Å². The van der Waals surface area contributed by atoms with Gasteiger partial charge in [0.15, 0.2) is 0 Å². The van der Waals surface area contributed by atoms with Gasteiger partial charge >= 0.3 is 0 Å². The highest BCUT2D eigenvalue weighted by Crippen LogP contribution is 2.32. The number of nitrogens with zero attached hydrogens (tertiary/aromatic N) is 3. The quantitative estimate of drug-likeness (QED) is 0.655. The molecule has 1 aliphatic carbocycles. The Balaban J connectivity index is 1.77. The predicted molar refractivity (Wildman–Crippen MR) is 98.0 cm³/mol. The van der Waals surface area contributed by atoms with Crippen molar-refractivity contribution in [1.82, 2.24) is 4.90 Å². The summed E-state index contributed by atoms with van der Waals surface area (Å²) in [6.07, 6.45) is 5.11. The SMILES string of the molecule is CN1CCN(c2ccc([N+](=O)[O-])cc2NC(=O)CC2CCCC2)CC1. The maximum Gasteiger partial charge on any atom is 0.271 e. The van der Waals surface area contributed by atoms with Crippen molar-refractivity contribution in [2.24, 2.45) is 5.92 Å². The zero-order valence-electron chi connectivity index (χ0n) is 14.7. The highest BCUT2D eigenvalue weighted by molar-refractivity contribution is 5.95.